The Hall–Kier alpha value is -2.54. The minimum Gasteiger partial charge on any atom is -0.545 e. The Balaban J connectivity index is 2.51. The smallest absolute Gasteiger partial charge is 0.262 e. The first kappa shape index (κ1) is 17.8. The van der Waals surface area contributed by atoms with E-state index in [4.69, 9.17) is 4.74 Å². The Morgan fingerprint density at radius 3 is 2.50 bits per heavy atom. The van der Waals surface area contributed by atoms with Gasteiger partial charge < -0.3 is 14.6 Å². The number of anilines is 1. The minimum atomic E-state index is -3.98. The zero-order valence-corrected chi connectivity index (χ0v) is 14.4. The van der Waals surface area contributed by atoms with Crippen molar-refractivity contribution >= 4 is 21.7 Å². The number of aryl methyl sites for hydroxylation is 1. The first-order valence-corrected chi connectivity index (χ1v) is 8.81. The molecule has 0 unspecified atom stereocenters. The maximum absolute atomic E-state index is 12.7. The summed E-state index contributed by atoms with van der Waals surface area (Å²) < 4.78 is 33.3. The Kier molecular flexibility index (Phi) is 5.14. The normalized spacial score (nSPS) is 11.1. The van der Waals surface area contributed by atoms with E-state index in [1.807, 2.05) is 0 Å². The highest BCUT2D eigenvalue weighted by Crippen LogP contribution is 2.28. The molecule has 2 aromatic carbocycles. The highest BCUT2D eigenvalue weighted by Gasteiger charge is 2.21. The van der Waals surface area contributed by atoms with E-state index in [0.717, 1.165) is 6.07 Å². The standard InChI is InChI=1S/C17H19NO5S/c1-4-23-15-8-6-5-7-14(15)18-24(21,22)16-10-13(17(19)20)9-11(2)12(16)3/h5-10,18H,4H2,1-3H3,(H,19,20)/p-1. The Morgan fingerprint density at radius 2 is 1.88 bits per heavy atom. The van der Waals surface area contributed by atoms with Gasteiger partial charge in [-0.25, -0.2) is 8.42 Å². The molecule has 0 spiro atoms. The zero-order valence-electron chi connectivity index (χ0n) is 13.6. The second-order valence-electron chi connectivity index (χ2n) is 5.24. The van der Waals surface area contributed by atoms with E-state index in [1.165, 1.54) is 6.07 Å². The molecule has 0 bridgehead atoms. The number of carbonyl (C=O) groups is 1. The molecular formula is C17H18NO5S-. The van der Waals surface area contributed by atoms with Crippen molar-refractivity contribution < 1.29 is 23.1 Å². The predicted molar refractivity (Wildman–Crippen MR) is 88.7 cm³/mol. The van der Waals surface area contributed by atoms with Crippen LogP contribution in [0.25, 0.3) is 0 Å². The van der Waals surface area contributed by atoms with Crippen molar-refractivity contribution in [1.82, 2.24) is 0 Å². The molecule has 6 nitrogen and oxygen atoms in total. The number of carbonyl (C=O) groups excluding carboxylic acids is 1. The van der Waals surface area contributed by atoms with E-state index in [-0.39, 0.29) is 16.1 Å². The number of aromatic carboxylic acids is 1. The predicted octanol–water partition coefficient (Wildman–Crippen LogP) is 1.87. The molecular weight excluding hydrogens is 330 g/mol. The zero-order chi connectivity index (χ0) is 17.9. The van der Waals surface area contributed by atoms with E-state index in [0.29, 0.717) is 23.5 Å². The maximum Gasteiger partial charge on any atom is 0.262 e. The van der Waals surface area contributed by atoms with Crippen LogP contribution in [0, 0.1) is 13.8 Å². The number of hydrogen-bond donors (Lipinski definition) is 1. The van der Waals surface area contributed by atoms with Gasteiger partial charge >= 0.3 is 0 Å². The third kappa shape index (κ3) is 3.68. The van der Waals surface area contributed by atoms with Gasteiger partial charge in [-0.3, -0.25) is 4.72 Å². The molecule has 2 rings (SSSR count). The molecule has 0 amide bonds. The maximum atomic E-state index is 12.7. The highest BCUT2D eigenvalue weighted by molar-refractivity contribution is 7.92. The van der Waals surface area contributed by atoms with Gasteiger partial charge in [-0.15, -0.1) is 0 Å². The van der Waals surface area contributed by atoms with Crippen molar-refractivity contribution in [2.45, 2.75) is 25.7 Å². The van der Waals surface area contributed by atoms with Crippen LogP contribution in [0.3, 0.4) is 0 Å². The molecule has 24 heavy (non-hydrogen) atoms. The molecule has 0 heterocycles. The van der Waals surface area contributed by atoms with Crippen molar-refractivity contribution in [3.8, 4) is 5.75 Å². The molecule has 2 aromatic rings. The summed E-state index contributed by atoms with van der Waals surface area (Å²) in [7, 11) is -3.98. The Bertz CT molecular complexity index is 875. The molecule has 7 heteroatoms. The molecule has 0 aliphatic heterocycles. The number of ether oxygens (including phenoxy) is 1. The lowest BCUT2D eigenvalue weighted by molar-refractivity contribution is -0.255. The third-order valence-electron chi connectivity index (χ3n) is 3.58. The largest absolute Gasteiger partial charge is 0.545 e. The first-order chi connectivity index (χ1) is 11.3. The average molecular weight is 348 g/mol. The van der Waals surface area contributed by atoms with E-state index in [1.54, 1.807) is 45.0 Å². The number of benzene rings is 2. The third-order valence-corrected chi connectivity index (χ3v) is 5.07. The van der Waals surface area contributed by atoms with E-state index >= 15 is 0 Å². The van der Waals surface area contributed by atoms with E-state index in [9.17, 15) is 18.3 Å². The van der Waals surface area contributed by atoms with Gasteiger partial charge in [0.25, 0.3) is 10.0 Å². The van der Waals surface area contributed by atoms with Crippen molar-refractivity contribution in [1.29, 1.82) is 0 Å². The summed E-state index contributed by atoms with van der Waals surface area (Å²) in [5.74, 6) is -1.03. The van der Waals surface area contributed by atoms with E-state index < -0.39 is 16.0 Å². The van der Waals surface area contributed by atoms with Crippen LogP contribution >= 0.6 is 0 Å². The molecule has 0 fully saturated rings. The van der Waals surface area contributed by atoms with Gasteiger partial charge in [0.05, 0.1) is 23.2 Å². The number of rotatable bonds is 6. The second-order valence-corrected chi connectivity index (χ2v) is 6.89. The number of sulfonamides is 1. The molecule has 0 aliphatic carbocycles. The SMILES string of the molecule is CCOc1ccccc1NS(=O)(=O)c1cc(C(=O)[O-])cc(C)c1C. The van der Waals surface area contributed by atoms with Gasteiger partial charge in [0.1, 0.15) is 5.75 Å². The molecule has 0 radical (unpaired) electrons. The molecule has 1 N–H and O–H groups in total. The molecule has 128 valence electrons. The summed E-state index contributed by atoms with van der Waals surface area (Å²) in [6.07, 6.45) is 0. The molecule has 0 atom stereocenters. The van der Waals surface area contributed by atoms with Crippen LogP contribution in [0.2, 0.25) is 0 Å². The van der Waals surface area contributed by atoms with Crippen LogP contribution in [-0.4, -0.2) is 21.0 Å². The van der Waals surface area contributed by atoms with Crippen molar-refractivity contribution in [2.75, 3.05) is 11.3 Å². The topological polar surface area (TPSA) is 95.5 Å². The van der Waals surface area contributed by atoms with Crippen LogP contribution in [-0.2, 0) is 10.0 Å². The fourth-order valence-electron chi connectivity index (χ4n) is 2.26. The first-order valence-electron chi connectivity index (χ1n) is 7.33. The van der Waals surface area contributed by atoms with Crippen LogP contribution in [0.15, 0.2) is 41.3 Å². The van der Waals surface area contributed by atoms with E-state index in [2.05, 4.69) is 4.72 Å². The fraction of sp³-hybridized carbons (Fsp3) is 0.235. The summed E-state index contributed by atoms with van der Waals surface area (Å²) in [5, 5.41) is 11.1. The van der Waals surface area contributed by atoms with Crippen molar-refractivity contribution in [2.24, 2.45) is 0 Å². The van der Waals surface area contributed by atoms with Gasteiger partial charge in [0.15, 0.2) is 0 Å². The van der Waals surface area contributed by atoms with Crippen molar-refractivity contribution in [3.63, 3.8) is 0 Å². The lowest BCUT2D eigenvalue weighted by Gasteiger charge is -2.16. The van der Waals surface area contributed by atoms with Crippen LogP contribution < -0.4 is 14.6 Å². The highest BCUT2D eigenvalue weighted by atomic mass is 32.2. The van der Waals surface area contributed by atoms with Crippen LogP contribution in [0.5, 0.6) is 5.75 Å². The average Bonchev–Trinajstić information content (AvgIpc) is 2.51. The quantitative estimate of drug-likeness (QED) is 0.860. The van der Waals surface area contributed by atoms with Gasteiger partial charge in [-0.1, -0.05) is 12.1 Å². The molecule has 0 aromatic heterocycles. The van der Waals surface area contributed by atoms with Gasteiger partial charge in [-0.05, 0) is 61.7 Å². The lowest BCUT2D eigenvalue weighted by Crippen LogP contribution is -2.24. The lowest BCUT2D eigenvalue weighted by atomic mass is 10.1. The Labute approximate surface area is 141 Å². The summed E-state index contributed by atoms with van der Waals surface area (Å²) in [5.41, 5.74) is 1.13. The summed E-state index contributed by atoms with van der Waals surface area (Å²) in [6, 6.07) is 9.12. The van der Waals surface area contributed by atoms with Crippen LogP contribution in [0.1, 0.15) is 28.4 Å². The minimum absolute atomic E-state index is 0.104. The number of carboxylic acid groups (broad SMARTS) is 1. The monoisotopic (exact) mass is 348 g/mol. The number of carboxylic acids is 1. The van der Waals surface area contributed by atoms with Gasteiger partial charge in [-0.2, -0.15) is 0 Å². The summed E-state index contributed by atoms with van der Waals surface area (Å²) in [6.45, 7) is 5.45. The number of para-hydroxylation sites is 2. The van der Waals surface area contributed by atoms with Gasteiger partial charge in [0.2, 0.25) is 0 Å². The Morgan fingerprint density at radius 1 is 1.21 bits per heavy atom. The summed E-state index contributed by atoms with van der Waals surface area (Å²) >= 11 is 0. The number of hydrogen-bond acceptors (Lipinski definition) is 5. The fourth-order valence-corrected chi connectivity index (χ4v) is 3.67. The molecule has 0 aliphatic rings. The van der Waals surface area contributed by atoms with Gasteiger partial charge in [0, 0.05) is 0 Å². The molecule has 0 saturated carbocycles. The molecule has 0 saturated heterocycles. The summed E-state index contributed by atoms with van der Waals surface area (Å²) in [4.78, 5) is 11.0. The van der Waals surface area contributed by atoms with Crippen LogP contribution in [0.4, 0.5) is 5.69 Å². The second kappa shape index (κ2) is 6.92. The van der Waals surface area contributed by atoms with Crippen molar-refractivity contribution in [3.05, 3.63) is 53.1 Å². The number of nitrogens with one attached hydrogen (secondary N) is 1.